The van der Waals surface area contributed by atoms with Crippen molar-refractivity contribution >= 4 is 57.6 Å². The lowest BCUT2D eigenvalue weighted by atomic mass is 9.93. The van der Waals surface area contributed by atoms with Crippen molar-refractivity contribution in [2.45, 2.75) is 33.8 Å². The molecule has 3 rings (SSSR count). The number of halogens is 2. The zero-order valence-electron chi connectivity index (χ0n) is 22.3. The number of carboxylic acid groups (broad SMARTS) is 1. The molecule has 208 valence electrons. The second-order valence-electron chi connectivity index (χ2n) is 9.72. The molecule has 0 aliphatic heterocycles. The second kappa shape index (κ2) is 13.3. The van der Waals surface area contributed by atoms with Crippen molar-refractivity contribution in [3.05, 3.63) is 68.2 Å². The van der Waals surface area contributed by atoms with Crippen molar-refractivity contribution in [3.63, 3.8) is 0 Å². The van der Waals surface area contributed by atoms with Gasteiger partial charge in [-0.1, -0.05) is 56.1 Å². The van der Waals surface area contributed by atoms with Gasteiger partial charge in [0.2, 0.25) is 5.76 Å². The Morgan fingerprint density at radius 3 is 2.44 bits per heavy atom. The molecule has 0 fully saturated rings. The van der Waals surface area contributed by atoms with Gasteiger partial charge in [-0.05, 0) is 36.1 Å². The quantitative estimate of drug-likeness (QED) is 0.136. The van der Waals surface area contributed by atoms with Gasteiger partial charge in [0.25, 0.3) is 5.91 Å². The first-order valence-electron chi connectivity index (χ1n) is 11.9. The van der Waals surface area contributed by atoms with E-state index in [2.05, 4.69) is 31.1 Å². The van der Waals surface area contributed by atoms with E-state index in [4.69, 9.17) is 42.5 Å². The predicted octanol–water partition coefficient (Wildman–Crippen LogP) is 7.40. The highest BCUT2D eigenvalue weighted by molar-refractivity contribution is 7.14. The van der Waals surface area contributed by atoms with Gasteiger partial charge in [-0.2, -0.15) is 0 Å². The van der Waals surface area contributed by atoms with Crippen molar-refractivity contribution in [2.75, 3.05) is 26.1 Å². The van der Waals surface area contributed by atoms with Gasteiger partial charge in [-0.25, -0.2) is 9.78 Å². The topological polar surface area (TPSA) is 107 Å². The highest BCUT2D eigenvalue weighted by Crippen LogP contribution is 2.36. The van der Waals surface area contributed by atoms with Crippen molar-refractivity contribution < 1.29 is 28.9 Å². The molecule has 39 heavy (non-hydrogen) atoms. The number of anilines is 1. The van der Waals surface area contributed by atoms with Crippen LogP contribution in [0.15, 0.2) is 41.5 Å². The largest absolute Gasteiger partial charge is 0.496 e. The second-order valence-corrected chi connectivity index (χ2v) is 11.4. The lowest BCUT2D eigenvalue weighted by Crippen LogP contribution is -2.12. The van der Waals surface area contributed by atoms with Crippen molar-refractivity contribution in [2.24, 2.45) is 5.41 Å². The molecule has 0 saturated heterocycles. The van der Waals surface area contributed by atoms with Crippen LogP contribution < -0.4 is 10.1 Å². The Kier molecular flexibility index (Phi) is 10.4. The molecule has 0 atom stereocenters. The Bertz CT molecular complexity index is 1360. The van der Waals surface area contributed by atoms with Gasteiger partial charge < -0.3 is 19.3 Å². The number of ether oxygens (including phenoxy) is 3. The minimum Gasteiger partial charge on any atom is -0.496 e. The molecule has 0 saturated carbocycles. The Labute approximate surface area is 241 Å². The van der Waals surface area contributed by atoms with Crippen LogP contribution in [-0.2, 0) is 20.9 Å². The number of carboxylic acids is 1. The normalized spacial score (nSPS) is 11.8. The number of aromatic nitrogens is 1. The highest BCUT2D eigenvalue weighted by atomic mass is 35.5. The van der Waals surface area contributed by atoms with E-state index in [0.29, 0.717) is 29.8 Å². The number of carbonyl (C=O) groups excluding carboxylic acids is 1. The van der Waals surface area contributed by atoms with E-state index < -0.39 is 11.9 Å². The van der Waals surface area contributed by atoms with Crippen LogP contribution >= 0.6 is 34.5 Å². The summed E-state index contributed by atoms with van der Waals surface area (Å²) in [4.78, 5) is 28.7. The molecule has 0 aliphatic carbocycles. The van der Waals surface area contributed by atoms with Crippen LogP contribution in [-0.4, -0.2) is 42.8 Å². The average Bonchev–Trinajstić information content (AvgIpc) is 3.33. The maximum absolute atomic E-state index is 12.9. The molecule has 1 aromatic heterocycles. The summed E-state index contributed by atoms with van der Waals surface area (Å²) < 4.78 is 16.4. The molecule has 3 aromatic rings. The van der Waals surface area contributed by atoms with Crippen LogP contribution in [0, 0.1) is 5.41 Å². The fourth-order valence-corrected chi connectivity index (χ4v) is 4.82. The maximum atomic E-state index is 12.9. The highest BCUT2D eigenvalue weighted by Gasteiger charge is 2.18. The van der Waals surface area contributed by atoms with Crippen molar-refractivity contribution in [1.29, 1.82) is 0 Å². The van der Waals surface area contributed by atoms with E-state index >= 15 is 0 Å². The predicted molar refractivity (Wildman–Crippen MR) is 155 cm³/mol. The smallest absolute Gasteiger partial charge is 0.371 e. The molecule has 8 nitrogen and oxygen atoms in total. The van der Waals surface area contributed by atoms with Gasteiger partial charge in [0.1, 0.15) is 5.75 Å². The van der Waals surface area contributed by atoms with Gasteiger partial charge in [-0.15, -0.1) is 11.3 Å². The minimum atomic E-state index is -1.28. The number of methoxy groups -OCH3 is 2. The van der Waals surface area contributed by atoms with Crippen LogP contribution in [0.5, 0.6) is 5.75 Å². The first kappa shape index (κ1) is 30.4. The lowest BCUT2D eigenvalue weighted by Gasteiger charge is -2.18. The maximum Gasteiger partial charge on any atom is 0.371 e. The Balaban J connectivity index is 1.77. The molecule has 0 aliphatic rings. The van der Waals surface area contributed by atoms with E-state index in [1.807, 2.05) is 23.6 Å². The summed E-state index contributed by atoms with van der Waals surface area (Å²) in [5, 5.41) is 14.3. The zero-order valence-corrected chi connectivity index (χ0v) is 24.6. The van der Waals surface area contributed by atoms with E-state index in [0.717, 1.165) is 17.5 Å². The number of nitrogens with one attached hydrogen (secondary N) is 1. The third kappa shape index (κ3) is 8.19. The van der Waals surface area contributed by atoms with Crippen LogP contribution in [0.25, 0.3) is 17.3 Å². The Morgan fingerprint density at radius 2 is 1.85 bits per heavy atom. The Hall–Kier alpha value is -3.11. The lowest BCUT2D eigenvalue weighted by molar-refractivity contribution is -0.135. The first-order chi connectivity index (χ1) is 18.4. The number of thiazole rings is 1. The Morgan fingerprint density at radius 1 is 1.15 bits per heavy atom. The number of rotatable bonds is 11. The van der Waals surface area contributed by atoms with E-state index in [9.17, 15) is 9.59 Å². The van der Waals surface area contributed by atoms with E-state index in [1.54, 1.807) is 7.11 Å². The fourth-order valence-electron chi connectivity index (χ4n) is 3.52. The number of benzene rings is 2. The van der Waals surface area contributed by atoms with E-state index in [-0.39, 0.29) is 32.3 Å². The third-order valence-corrected chi connectivity index (χ3v) is 6.99. The number of aliphatic carboxylic acids is 1. The number of hydrogen-bond acceptors (Lipinski definition) is 7. The number of nitrogens with zero attached hydrogens (tertiary/aromatic N) is 1. The van der Waals surface area contributed by atoms with Gasteiger partial charge in [0, 0.05) is 34.2 Å². The van der Waals surface area contributed by atoms with Gasteiger partial charge in [-0.3, -0.25) is 10.1 Å². The number of carbonyl (C=O) groups is 2. The van der Waals surface area contributed by atoms with Crippen LogP contribution in [0.3, 0.4) is 0 Å². The molecular weight excluding hydrogens is 563 g/mol. The molecule has 0 spiro atoms. The number of amides is 1. The SMILES string of the molecule is COC(=Cc1c(Cl)cc(C(=O)Nc2nc(-c3cccc(COCCC(C)(C)C)c3OC)cs2)cc1Cl)C(=O)O. The molecule has 1 heterocycles. The summed E-state index contributed by atoms with van der Waals surface area (Å²) in [5.41, 5.74) is 2.92. The van der Waals surface area contributed by atoms with Crippen molar-refractivity contribution in [3.8, 4) is 17.0 Å². The molecule has 0 unspecified atom stereocenters. The zero-order chi connectivity index (χ0) is 28.7. The molecule has 2 N–H and O–H groups in total. The standard InChI is InChI=1S/C28H30Cl2N2O6S/c1-28(2,3)9-10-38-14-16-7-6-8-18(24(16)37-5)22-15-39-27(31-22)32-25(33)17-11-20(29)19(21(30)12-17)13-23(36-4)26(34)35/h6-8,11-13,15H,9-10,14H2,1-5H3,(H,34,35)(H,31,32,33). The summed E-state index contributed by atoms with van der Waals surface area (Å²) >= 11 is 13.8. The molecule has 0 bridgehead atoms. The van der Waals surface area contributed by atoms with Crippen LogP contribution in [0.4, 0.5) is 5.13 Å². The van der Waals surface area contributed by atoms with Crippen LogP contribution in [0.1, 0.15) is 48.7 Å². The molecule has 0 radical (unpaired) electrons. The molecule has 2 aromatic carbocycles. The fraction of sp³-hybridized carbons (Fsp3) is 0.321. The van der Waals surface area contributed by atoms with Gasteiger partial charge >= 0.3 is 5.97 Å². The van der Waals surface area contributed by atoms with E-state index in [1.165, 1.54) is 36.7 Å². The number of hydrogen-bond donors (Lipinski definition) is 2. The molecular formula is C28H30Cl2N2O6S. The van der Waals surface area contributed by atoms with Gasteiger partial charge in [0.15, 0.2) is 5.13 Å². The summed E-state index contributed by atoms with van der Waals surface area (Å²) in [7, 11) is 2.82. The molecule has 1 amide bonds. The van der Waals surface area contributed by atoms with Crippen molar-refractivity contribution in [1.82, 2.24) is 4.98 Å². The number of para-hydroxylation sites is 1. The third-order valence-electron chi connectivity index (χ3n) is 5.60. The average molecular weight is 594 g/mol. The van der Waals surface area contributed by atoms with Gasteiger partial charge in [0.05, 0.1) is 36.6 Å². The molecule has 11 heteroatoms. The first-order valence-corrected chi connectivity index (χ1v) is 13.6. The monoisotopic (exact) mass is 592 g/mol. The summed E-state index contributed by atoms with van der Waals surface area (Å²) in [6.45, 7) is 7.57. The minimum absolute atomic E-state index is 0.0922. The summed E-state index contributed by atoms with van der Waals surface area (Å²) in [5.74, 6) is -1.44. The van der Waals surface area contributed by atoms with Crippen LogP contribution in [0.2, 0.25) is 10.0 Å². The summed E-state index contributed by atoms with van der Waals surface area (Å²) in [6, 6.07) is 8.55. The summed E-state index contributed by atoms with van der Waals surface area (Å²) in [6.07, 6.45) is 2.13.